The summed E-state index contributed by atoms with van der Waals surface area (Å²) in [6.45, 7) is 0. The summed E-state index contributed by atoms with van der Waals surface area (Å²) in [6, 6.07) is 0. The summed E-state index contributed by atoms with van der Waals surface area (Å²) in [6.07, 6.45) is 5.04. The monoisotopic (exact) mass is 180 g/mol. The average molecular weight is 180 g/mol. The molecule has 1 aliphatic carbocycles. The SMILES string of the molecule is O=S(=O)(F)CC1CCCCC1. The Hall–Kier alpha value is -0.120. The Balaban J connectivity index is 2.36. The van der Waals surface area contributed by atoms with Crippen molar-refractivity contribution in [2.45, 2.75) is 32.1 Å². The van der Waals surface area contributed by atoms with Gasteiger partial charge in [0.1, 0.15) is 0 Å². The molecule has 0 spiro atoms. The summed E-state index contributed by atoms with van der Waals surface area (Å²) in [4.78, 5) is 0. The van der Waals surface area contributed by atoms with Crippen molar-refractivity contribution in [3.8, 4) is 0 Å². The number of hydrogen-bond donors (Lipinski definition) is 0. The van der Waals surface area contributed by atoms with Gasteiger partial charge in [0.2, 0.25) is 0 Å². The van der Waals surface area contributed by atoms with Gasteiger partial charge in [0, 0.05) is 0 Å². The van der Waals surface area contributed by atoms with Gasteiger partial charge in [-0.15, -0.1) is 3.89 Å². The molecule has 0 N–H and O–H groups in total. The zero-order valence-electron chi connectivity index (χ0n) is 6.42. The van der Waals surface area contributed by atoms with Crippen LogP contribution in [0.4, 0.5) is 3.89 Å². The first-order valence-corrected chi connectivity index (χ1v) is 5.55. The fourth-order valence-electron chi connectivity index (χ4n) is 1.64. The van der Waals surface area contributed by atoms with E-state index in [1.807, 2.05) is 0 Å². The van der Waals surface area contributed by atoms with Crippen LogP contribution in [-0.4, -0.2) is 14.2 Å². The van der Waals surface area contributed by atoms with Gasteiger partial charge in [0.25, 0.3) is 0 Å². The molecule has 1 saturated carbocycles. The molecule has 0 aromatic rings. The minimum atomic E-state index is -4.22. The molecule has 4 heteroatoms. The predicted octanol–water partition coefficient (Wildman–Crippen LogP) is 1.87. The van der Waals surface area contributed by atoms with Crippen LogP contribution in [-0.2, 0) is 10.2 Å². The Labute approximate surface area is 67.0 Å². The van der Waals surface area contributed by atoms with E-state index in [4.69, 9.17) is 0 Å². The Kier molecular flexibility index (Phi) is 2.87. The van der Waals surface area contributed by atoms with Crippen molar-refractivity contribution in [3.63, 3.8) is 0 Å². The van der Waals surface area contributed by atoms with Gasteiger partial charge in [0.15, 0.2) is 0 Å². The van der Waals surface area contributed by atoms with Gasteiger partial charge < -0.3 is 0 Å². The molecule has 0 unspecified atom stereocenters. The second kappa shape index (κ2) is 3.52. The molecule has 0 heterocycles. The molecule has 1 fully saturated rings. The Bertz CT molecular complexity index is 204. The van der Waals surface area contributed by atoms with Gasteiger partial charge in [-0.1, -0.05) is 19.3 Å². The normalized spacial score (nSPS) is 21.9. The van der Waals surface area contributed by atoms with Crippen LogP contribution in [0.2, 0.25) is 0 Å². The molecule has 0 atom stereocenters. The lowest BCUT2D eigenvalue weighted by Crippen LogP contribution is -2.15. The lowest BCUT2D eigenvalue weighted by molar-refractivity contribution is 0.381. The highest BCUT2D eigenvalue weighted by Gasteiger charge is 2.20. The fourth-order valence-corrected chi connectivity index (χ4v) is 2.53. The van der Waals surface area contributed by atoms with Crippen molar-refractivity contribution >= 4 is 10.2 Å². The molecule has 11 heavy (non-hydrogen) atoms. The first-order chi connectivity index (χ1) is 5.08. The molecule has 2 nitrogen and oxygen atoms in total. The first kappa shape index (κ1) is 8.97. The van der Waals surface area contributed by atoms with E-state index in [9.17, 15) is 12.3 Å². The number of hydrogen-bond acceptors (Lipinski definition) is 2. The Morgan fingerprint density at radius 1 is 1.18 bits per heavy atom. The van der Waals surface area contributed by atoms with Gasteiger partial charge in [-0.3, -0.25) is 0 Å². The van der Waals surface area contributed by atoms with Crippen molar-refractivity contribution < 1.29 is 12.3 Å². The van der Waals surface area contributed by atoms with Crippen molar-refractivity contribution in [1.82, 2.24) is 0 Å². The van der Waals surface area contributed by atoms with Crippen LogP contribution in [0.3, 0.4) is 0 Å². The maximum atomic E-state index is 12.1. The van der Waals surface area contributed by atoms with Gasteiger partial charge >= 0.3 is 10.2 Å². The Morgan fingerprint density at radius 2 is 1.73 bits per heavy atom. The molecular weight excluding hydrogens is 167 g/mol. The topological polar surface area (TPSA) is 34.1 Å². The molecule has 0 radical (unpaired) electrons. The molecule has 66 valence electrons. The van der Waals surface area contributed by atoms with E-state index in [1.165, 1.54) is 6.42 Å². The summed E-state index contributed by atoms with van der Waals surface area (Å²) in [5.41, 5.74) is 0. The van der Waals surface area contributed by atoms with Crippen molar-refractivity contribution in [3.05, 3.63) is 0 Å². The van der Waals surface area contributed by atoms with E-state index >= 15 is 0 Å². The van der Waals surface area contributed by atoms with E-state index in [2.05, 4.69) is 0 Å². The molecule has 0 aromatic heterocycles. The third-order valence-corrected chi connectivity index (χ3v) is 3.03. The molecule has 1 aliphatic rings. The van der Waals surface area contributed by atoms with Crippen LogP contribution in [0, 0.1) is 5.92 Å². The smallest absolute Gasteiger partial charge is 0.195 e. The highest BCUT2D eigenvalue weighted by atomic mass is 32.3. The summed E-state index contributed by atoms with van der Waals surface area (Å²) in [5.74, 6) is -0.175. The summed E-state index contributed by atoms with van der Waals surface area (Å²) < 4.78 is 32.6. The maximum Gasteiger partial charge on any atom is 0.302 e. The quantitative estimate of drug-likeness (QED) is 0.608. The first-order valence-electron chi connectivity index (χ1n) is 4.00. The zero-order valence-corrected chi connectivity index (χ0v) is 7.24. The van der Waals surface area contributed by atoms with E-state index in [1.54, 1.807) is 0 Å². The molecule has 0 saturated heterocycles. The highest BCUT2D eigenvalue weighted by molar-refractivity contribution is 7.86. The van der Waals surface area contributed by atoms with Crippen LogP contribution >= 0.6 is 0 Å². The second-order valence-corrected chi connectivity index (χ2v) is 4.62. The minimum Gasteiger partial charge on any atom is -0.195 e. The molecule has 0 aliphatic heterocycles. The zero-order chi connectivity index (χ0) is 8.32. The van der Waals surface area contributed by atoms with Crippen LogP contribution in [0.5, 0.6) is 0 Å². The maximum absolute atomic E-state index is 12.1. The van der Waals surface area contributed by atoms with E-state index < -0.39 is 10.2 Å². The third-order valence-electron chi connectivity index (χ3n) is 2.16. The predicted molar refractivity (Wildman–Crippen MR) is 41.5 cm³/mol. The number of rotatable bonds is 2. The molecule has 0 amide bonds. The summed E-state index contributed by atoms with van der Waals surface area (Å²) in [7, 11) is -4.22. The van der Waals surface area contributed by atoms with Crippen LogP contribution < -0.4 is 0 Å². The van der Waals surface area contributed by atoms with Gasteiger partial charge in [-0.05, 0) is 18.8 Å². The Morgan fingerprint density at radius 3 is 2.18 bits per heavy atom. The number of halogens is 1. The van der Waals surface area contributed by atoms with E-state index in [-0.39, 0.29) is 11.7 Å². The summed E-state index contributed by atoms with van der Waals surface area (Å²) >= 11 is 0. The van der Waals surface area contributed by atoms with Gasteiger partial charge in [-0.25, -0.2) is 0 Å². The lowest BCUT2D eigenvalue weighted by atomic mass is 9.91. The largest absolute Gasteiger partial charge is 0.302 e. The van der Waals surface area contributed by atoms with Crippen molar-refractivity contribution in [2.24, 2.45) is 5.92 Å². The van der Waals surface area contributed by atoms with Crippen molar-refractivity contribution in [1.29, 1.82) is 0 Å². The van der Waals surface area contributed by atoms with E-state index in [0.717, 1.165) is 25.7 Å². The van der Waals surface area contributed by atoms with Crippen molar-refractivity contribution in [2.75, 3.05) is 5.75 Å². The highest BCUT2D eigenvalue weighted by Crippen LogP contribution is 2.24. The minimum absolute atomic E-state index is 0.0822. The molecule has 0 bridgehead atoms. The molecular formula is C7H13FO2S. The van der Waals surface area contributed by atoms with Gasteiger partial charge in [-0.2, -0.15) is 8.42 Å². The molecule has 1 rings (SSSR count). The van der Waals surface area contributed by atoms with Crippen LogP contribution in [0.25, 0.3) is 0 Å². The average Bonchev–Trinajstić information content (AvgIpc) is 1.85. The lowest BCUT2D eigenvalue weighted by Gasteiger charge is -2.18. The van der Waals surface area contributed by atoms with Crippen LogP contribution in [0.15, 0.2) is 0 Å². The fraction of sp³-hybridized carbons (Fsp3) is 1.00. The third kappa shape index (κ3) is 3.70. The standard InChI is InChI=1S/C7H13FO2S/c8-11(9,10)6-7-4-2-1-3-5-7/h7H,1-6H2. The van der Waals surface area contributed by atoms with Gasteiger partial charge in [0.05, 0.1) is 5.75 Å². The van der Waals surface area contributed by atoms with E-state index in [0.29, 0.717) is 0 Å². The van der Waals surface area contributed by atoms with Crippen LogP contribution in [0.1, 0.15) is 32.1 Å². The molecule has 0 aromatic carbocycles. The second-order valence-electron chi connectivity index (χ2n) is 3.21. The summed E-state index contributed by atoms with van der Waals surface area (Å²) in [5, 5.41) is 0.